The predicted octanol–water partition coefficient (Wildman–Crippen LogP) is 0.207. The molecular formula is C11H15NO5S. The van der Waals surface area contributed by atoms with Crippen LogP contribution in [0.15, 0.2) is 30.3 Å². The van der Waals surface area contributed by atoms with Crippen molar-refractivity contribution in [3.05, 3.63) is 35.9 Å². The first-order valence-electron chi connectivity index (χ1n) is 5.30. The third kappa shape index (κ3) is 6.33. The fourth-order valence-electron chi connectivity index (χ4n) is 1.27. The molecule has 1 aromatic rings. The third-order valence-electron chi connectivity index (χ3n) is 1.99. The van der Waals surface area contributed by atoms with E-state index in [9.17, 15) is 13.2 Å². The van der Waals surface area contributed by atoms with Gasteiger partial charge >= 0.3 is 5.97 Å². The molecule has 0 aromatic heterocycles. The van der Waals surface area contributed by atoms with Crippen molar-refractivity contribution in [3.63, 3.8) is 0 Å². The summed E-state index contributed by atoms with van der Waals surface area (Å²) in [5, 5.41) is 8.30. The largest absolute Gasteiger partial charge is 0.480 e. The highest BCUT2D eigenvalue weighted by Crippen LogP contribution is 2.03. The molecule has 0 spiro atoms. The van der Waals surface area contributed by atoms with Crippen LogP contribution in [-0.4, -0.2) is 39.3 Å². The molecule has 6 nitrogen and oxygen atoms in total. The van der Waals surface area contributed by atoms with Gasteiger partial charge in [0.1, 0.15) is 6.61 Å². The van der Waals surface area contributed by atoms with Crippen LogP contribution in [0.4, 0.5) is 0 Å². The molecule has 0 radical (unpaired) electrons. The van der Waals surface area contributed by atoms with Gasteiger partial charge in [0.05, 0.1) is 12.4 Å². The minimum absolute atomic E-state index is 0.0281. The SMILES string of the molecule is O=C(O)COCCNS(=O)(=O)Cc1ccccc1. The van der Waals surface area contributed by atoms with Crippen molar-refractivity contribution in [3.8, 4) is 0 Å². The van der Waals surface area contributed by atoms with E-state index in [0.29, 0.717) is 5.56 Å². The summed E-state index contributed by atoms with van der Waals surface area (Å²) in [6.07, 6.45) is 0. The first-order valence-corrected chi connectivity index (χ1v) is 6.95. The second-order valence-electron chi connectivity index (χ2n) is 3.59. The highest BCUT2D eigenvalue weighted by atomic mass is 32.2. The van der Waals surface area contributed by atoms with Gasteiger partial charge in [-0.15, -0.1) is 0 Å². The van der Waals surface area contributed by atoms with E-state index in [0.717, 1.165) is 0 Å². The quantitative estimate of drug-likeness (QED) is 0.660. The zero-order valence-corrected chi connectivity index (χ0v) is 10.5. The first-order chi connectivity index (χ1) is 8.49. The summed E-state index contributed by atoms with van der Waals surface area (Å²) in [6, 6.07) is 8.78. The lowest BCUT2D eigenvalue weighted by molar-refractivity contribution is -0.142. The van der Waals surface area contributed by atoms with Gasteiger partial charge in [0.2, 0.25) is 10.0 Å². The van der Waals surface area contributed by atoms with Gasteiger partial charge in [0.25, 0.3) is 0 Å². The van der Waals surface area contributed by atoms with Crippen molar-refractivity contribution in [2.24, 2.45) is 0 Å². The lowest BCUT2D eigenvalue weighted by Gasteiger charge is -2.06. The van der Waals surface area contributed by atoms with Crippen LogP contribution in [0.5, 0.6) is 0 Å². The Kier molecular flexibility index (Phi) is 5.76. The normalized spacial score (nSPS) is 11.3. The fourth-order valence-corrected chi connectivity index (χ4v) is 2.40. The number of sulfonamides is 1. The molecule has 0 fully saturated rings. The van der Waals surface area contributed by atoms with Crippen LogP contribution < -0.4 is 4.72 Å². The average molecular weight is 273 g/mol. The van der Waals surface area contributed by atoms with Crippen LogP contribution in [0.2, 0.25) is 0 Å². The Bertz CT molecular complexity index is 471. The molecule has 2 N–H and O–H groups in total. The van der Waals surface area contributed by atoms with E-state index in [4.69, 9.17) is 9.84 Å². The number of carboxylic acids is 1. The Morgan fingerprint density at radius 1 is 1.28 bits per heavy atom. The molecule has 0 bridgehead atoms. The Labute approximate surface area is 106 Å². The third-order valence-corrected chi connectivity index (χ3v) is 3.35. The maximum atomic E-state index is 11.6. The highest BCUT2D eigenvalue weighted by molar-refractivity contribution is 7.88. The predicted molar refractivity (Wildman–Crippen MR) is 65.5 cm³/mol. The summed E-state index contributed by atoms with van der Waals surface area (Å²) < 4.78 is 30.3. The topological polar surface area (TPSA) is 92.7 Å². The van der Waals surface area contributed by atoms with Crippen molar-refractivity contribution >= 4 is 16.0 Å². The lowest BCUT2D eigenvalue weighted by Crippen LogP contribution is -2.29. The molecule has 0 aliphatic heterocycles. The molecule has 1 aromatic carbocycles. The van der Waals surface area contributed by atoms with Crippen LogP contribution in [0, 0.1) is 0 Å². The zero-order chi connectivity index (χ0) is 13.4. The van der Waals surface area contributed by atoms with E-state index in [1.807, 2.05) is 6.07 Å². The first kappa shape index (κ1) is 14.6. The molecule has 18 heavy (non-hydrogen) atoms. The second kappa shape index (κ2) is 7.10. The summed E-state index contributed by atoms with van der Waals surface area (Å²) in [7, 11) is -3.41. The number of ether oxygens (including phenoxy) is 1. The van der Waals surface area contributed by atoms with E-state index in [1.165, 1.54) is 0 Å². The summed E-state index contributed by atoms with van der Waals surface area (Å²) >= 11 is 0. The van der Waals surface area contributed by atoms with Gasteiger partial charge in [0, 0.05) is 6.54 Å². The Balaban J connectivity index is 2.30. The van der Waals surface area contributed by atoms with Gasteiger partial charge in [-0.25, -0.2) is 17.9 Å². The van der Waals surface area contributed by atoms with E-state index in [-0.39, 0.29) is 18.9 Å². The summed E-state index contributed by atoms with van der Waals surface area (Å²) in [4.78, 5) is 10.1. The molecule has 1 rings (SSSR count). The number of nitrogens with one attached hydrogen (secondary N) is 1. The second-order valence-corrected chi connectivity index (χ2v) is 5.39. The summed E-state index contributed by atoms with van der Waals surface area (Å²) in [6.45, 7) is -0.344. The number of rotatable bonds is 8. The van der Waals surface area contributed by atoms with E-state index in [2.05, 4.69) is 4.72 Å². The van der Waals surface area contributed by atoms with Crippen LogP contribution in [-0.2, 0) is 25.3 Å². The number of hydrogen-bond donors (Lipinski definition) is 2. The molecule has 100 valence electrons. The number of hydrogen-bond acceptors (Lipinski definition) is 4. The van der Waals surface area contributed by atoms with Crippen LogP contribution in [0.1, 0.15) is 5.56 Å². The molecule has 7 heteroatoms. The maximum absolute atomic E-state index is 11.6. The lowest BCUT2D eigenvalue weighted by atomic mass is 10.2. The Hall–Kier alpha value is -1.44. The van der Waals surface area contributed by atoms with Crippen LogP contribution in [0.25, 0.3) is 0 Å². The zero-order valence-electron chi connectivity index (χ0n) is 9.70. The molecule has 0 amide bonds. The van der Waals surface area contributed by atoms with Crippen molar-refractivity contribution < 1.29 is 23.1 Å². The smallest absolute Gasteiger partial charge is 0.329 e. The van der Waals surface area contributed by atoms with Crippen molar-refractivity contribution in [1.82, 2.24) is 4.72 Å². The number of carboxylic acid groups (broad SMARTS) is 1. The standard InChI is InChI=1S/C11H15NO5S/c13-11(14)8-17-7-6-12-18(15,16)9-10-4-2-1-3-5-10/h1-5,12H,6-9H2,(H,13,14). The van der Waals surface area contributed by atoms with Gasteiger partial charge in [-0.2, -0.15) is 0 Å². The molecule has 0 atom stereocenters. The van der Waals surface area contributed by atoms with Crippen molar-refractivity contribution in [1.29, 1.82) is 0 Å². The summed E-state index contributed by atoms with van der Waals surface area (Å²) in [5.74, 6) is -1.19. The number of carbonyl (C=O) groups is 1. The molecular weight excluding hydrogens is 258 g/mol. The molecule has 0 aliphatic rings. The van der Waals surface area contributed by atoms with E-state index in [1.54, 1.807) is 24.3 Å². The van der Waals surface area contributed by atoms with Gasteiger partial charge < -0.3 is 9.84 Å². The Morgan fingerprint density at radius 3 is 2.56 bits per heavy atom. The minimum atomic E-state index is -3.41. The molecule has 0 aliphatic carbocycles. The van der Waals surface area contributed by atoms with Gasteiger partial charge in [-0.1, -0.05) is 30.3 Å². The van der Waals surface area contributed by atoms with Crippen molar-refractivity contribution in [2.45, 2.75) is 5.75 Å². The molecule has 0 saturated heterocycles. The van der Waals surface area contributed by atoms with Crippen LogP contribution in [0.3, 0.4) is 0 Å². The van der Waals surface area contributed by atoms with Crippen molar-refractivity contribution in [2.75, 3.05) is 19.8 Å². The van der Waals surface area contributed by atoms with Gasteiger partial charge in [-0.3, -0.25) is 0 Å². The highest BCUT2D eigenvalue weighted by Gasteiger charge is 2.10. The minimum Gasteiger partial charge on any atom is -0.480 e. The monoisotopic (exact) mass is 273 g/mol. The average Bonchev–Trinajstić information content (AvgIpc) is 2.28. The summed E-state index contributed by atoms with van der Waals surface area (Å²) in [5.41, 5.74) is 0.691. The molecule has 0 saturated carbocycles. The molecule has 0 unspecified atom stereocenters. The van der Waals surface area contributed by atoms with Gasteiger partial charge in [-0.05, 0) is 5.56 Å². The van der Waals surface area contributed by atoms with Crippen LogP contribution >= 0.6 is 0 Å². The fraction of sp³-hybridized carbons (Fsp3) is 0.364. The number of benzene rings is 1. The maximum Gasteiger partial charge on any atom is 0.329 e. The van der Waals surface area contributed by atoms with Gasteiger partial charge in [0.15, 0.2) is 0 Å². The van der Waals surface area contributed by atoms with E-state index < -0.39 is 22.6 Å². The molecule has 0 heterocycles. The number of aliphatic carboxylic acids is 1. The van der Waals surface area contributed by atoms with E-state index >= 15 is 0 Å². The Morgan fingerprint density at radius 2 is 1.94 bits per heavy atom.